The molecule has 1 aromatic carbocycles. The Labute approximate surface area is 184 Å². The van der Waals surface area contributed by atoms with Crippen molar-refractivity contribution in [1.82, 2.24) is 9.21 Å². The maximum absolute atomic E-state index is 13.4. The predicted octanol–water partition coefficient (Wildman–Crippen LogP) is 1.06. The number of rotatable bonds is 5. The number of benzene rings is 1. The average Bonchev–Trinajstić information content (AvgIpc) is 2.73. The second kappa shape index (κ2) is 10.5. The molecular weight excluding hydrogens is 420 g/mol. The second-order valence-electron chi connectivity index (χ2n) is 7.97. The van der Waals surface area contributed by atoms with Gasteiger partial charge in [-0.15, -0.1) is 0 Å². The van der Waals surface area contributed by atoms with E-state index in [1.165, 1.54) is 23.4 Å². The first-order chi connectivity index (χ1) is 14.5. The van der Waals surface area contributed by atoms with Crippen LogP contribution in [0.4, 0.5) is 0 Å². The largest absolute Gasteiger partial charge is 0.487 e. The van der Waals surface area contributed by atoms with Gasteiger partial charge in [-0.1, -0.05) is 25.7 Å². The van der Waals surface area contributed by atoms with Gasteiger partial charge in [0.05, 0.1) is 13.2 Å². The number of carbonyl (C=O) groups excluding carboxylic acids is 1. The van der Waals surface area contributed by atoms with Crippen LogP contribution < -0.4 is 4.74 Å². The number of aliphatic hydroxyl groups excluding tert-OH is 2. The lowest BCUT2D eigenvalue weighted by Crippen LogP contribution is -2.50. The number of sulfonamides is 1. The van der Waals surface area contributed by atoms with Crippen LogP contribution in [0.3, 0.4) is 0 Å². The number of aliphatic hydroxyl groups is 2. The molecule has 1 amide bonds. The Kier molecular flexibility index (Phi) is 8.49. The van der Waals surface area contributed by atoms with Crippen LogP contribution >= 0.6 is 0 Å². The van der Waals surface area contributed by atoms with Gasteiger partial charge in [0.2, 0.25) is 15.9 Å². The van der Waals surface area contributed by atoms with E-state index in [1.807, 2.05) is 6.92 Å². The van der Waals surface area contributed by atoms with Gasteiger partial charge in [0.1, 0.15) is 22.9 Å². The van der Waals surface area contributed by atoms with Gasteiger partial charge in [-0.25, -0.2) is 8.42 Å². The molecule has 0 saturated carbocycles. The molecule has 1 aliphatic rings. The van der Waals surface area contributed by atoms with E-state index in [-0.39, 0.29) is 42.2 Å². The molecule has 4 atom stereocenters. The van der Waals surface area contributed by atoms with Crippen molar-refractivity contribution in [1.29, 1.82) is 0 Å². The van der Waals surface area contributed by atoms with Crippen LogP contribution in [-0.4, -0.2) is 78.7 Å². The number of hydrogen-bond donors (Lipinski definition) is 2. The highest BCUT2D eigenvalue weighted by Gasteiger charge is 2.38. The summed E-state index contributed by atoms with van der Waals surface area (Å²) in [5.74, 6) is 5.28. The predicted molar refractivity (Wildman–Crippen MR) is 117 cm³/mol. The lowest BCUT2D eigenvalue weighted by Gasteiger charge is -2.37. The number of amides is 1. The third kappa shape index (κ3) is 5.98. The lowest BCUT2D eigenvalue weighted by molar-refractivity contribution is -0.131. The Morgan fingerprint density at radius 2 is 2.06 bits per heavy atom. The van der Waals surface area contributed by atoms with Gasteiger partial charge in [0.15, 0.2) is 0 Å². The molecule has 1 heterocycles. The van der Waals surface area contributed by atoms with Crippen LogP contribution in [-0.2, 0) is 14.8 Å². The zero-order valence-electron chi connectivity index (χ0n) is 18.7. The Morgan fingerprint density at radius 3 is 2.65 bits per heavy atom. The summed E-state index contributed by atoms with van der Waals surface area (Å²) in [7, 11) is -2.25. The highest BCUT2D eigenvalue weighted by atomic mass is 32.2. The van der Waals surface area contributed by atoms with E-state index in [2.05, 4.69) is 11.8 Å². The molecule has 0 bridgehead atoms. The molecule has 0 spiro atoms. The number of likely N-dealkylation sites (N-methyl/N-ethyl adjacent to an activating group) is 1. The third-order valence-electron chi connectivity index (χ3n) is 5.27. The number of fused-ring (bicyclic) bond motifs is 1. The van der Waals surface area contributed by atoms with Gasteiger partial charge in [0, 0.05) is 37.5 Å². The van der Waals surface area contributed by atoms with E-state index < -0.39 is 28.3 Å². The van der Waals surface area contributed by atoms with E-state index in [0.29, 0.717) is 12.0 Å². The van der Waals surface area contributed by atoms with Crippen molar-refractivity contribution in [3.63, 3.8) is 0 Å². The fourth-order valence-corrected chi connectivity index (χ4v) is 5.18. The SMILES string of the molecule is CCC(=O)N(C)C[C@@H]1Oc2cc(C#C[C@H](C)O)ccc2S(=O)(=O)N([C@H](C)CO)C[C@H]1C. The third-order valence-corrected chi connectivity index (χ3v) is 7.29. The normalized spacial score (nSPS) is 22.5. The maximum atomic E-state index is 13.4. The summed E-state index contributed by atoms with van der Waals surface area (Å²) >= 11 is 0. The van der Waals surface area contributed by atoms with Gasteiger partial charge < -0.3 is 19.8 Å². The van der Waals surface area contributed by atoms with E-state index in [1.54, 1.807) is 31.9 Å². The molecule has 0 fully saturated rings. The van der Waals surface area contributed by atoms with Crippen molar-refractivity contribution in [3.05, 3.63) is 23.8 Å². The summed E-state index contributed by atoms with van der Waals surface area (Å²) < 4.78 is 34.2. The zero-order valence-corrected chi connectivity index (χ0v) is 19.5. The molecule has 9 heteroatoms. The van der Waals surface area contributed by atoms with Crippen LogP contribution in [0.1, 0.15) is 39.7 Å². The highest BCUT2D eigenvalue weighted by Crippen LogP contribution is 2.34. The molecule has 8 nitrogen and oxygen atoms in total. The summed E-state index contributed by atoms with van der Waals surface area (Å²) in [4.78, 5) is 13.7. The summed E-state index contributed by atoms with van der Waals surface area (Å²) in [5.41, 5.74) is 0.501. The summed E-state index contributed by atoms with van der Waals surface area (Å²) in [6.45, 7) is 6.94. The van der Waals surface area contributed by atoms with Crippen LogP contribution in [0.25, 0.3) is 0 Å². The molecule has 0 aliphatic carbocycles. The average molecular weight is 453 g/mol. The molecular formula is C22H32N2O6S. The Morgan fingerprint density at radius 1 is 1.39 bits per heavy atom. The van der Waals surface area contributed by atoms with Gasteiger partial charge in [-0.3, -0.25) is 4.79 Å². The fraction of sp³-hybridized carbons (Fsp3) is 0.591. The minimum absolute atomic E-state index is 0.0169. The van der Waals surface area contributed by atoms with Crippen LogP contribution in [0.15, 0.2) is 23.1 Å². The maximum Gasteiger partial charge on any atom is 0.247 e. The van der Waals surface area contributed by atoms with Gasteiger partial charge in [-0.2, -0.15) is 4.31 Å². The van der Waals surface area contributed by atoms with Crippen molar-refractivity contribution < 1.29 is 28.2 Å². The van der Waals surface area contributed by atoms with Crippen molar-refractivity contribution in [2.45, 2.75) is 57.3 Å². The quantitative estimate of drug-likeness (QED) is 0.647. The standard InChI is InChI=1S/C22H32N2O6S/c1-6-22(27)23(5)13-20-15(2)12-24(16(3)14-25)31(28,29)21-10-9-18(8-7-17(4)26)11-19(21)30-20/h9-11,15-17,20,25-26H,6,12-14H2,1-5H3/t15-,16-,17+,20+/m1/s1. The van der Waals surface area contributed by atoms with E-state index >= 15 is 0 Å². The number of carbonyl (C=O) groups is 1. The van der Waals surface area contributed by atoms with Crippen LogP contribution in [0.2, 0.25) is 0 Å². The molecule has 0 saturated heterocycles. The molecule has 1 aromatic rings. The number of ether oxygens (including phenoxy) is 1. The first-order valence-electron chi connectivity index (χ1n) is 10.4. The highest BCUT2D eigenvalue weighted by molar-refractivity contribution is 7.89. The van der Waals surface area contributed by atoms with Gasteiger partial charge in [-0.05, 0) is 32.0 Å². The molecule has 2 rings (SSSR count). The number of nitrogens with zero attached hydrogens (tertiary/aromatic N) is 2. The van der Waals surface area contributed by atoms with Crippen LogP contribution in [0, 0.1) is 17.8 Å². The van der Waals surface area contributed by atoms with Crippen molar-refractivity contribution >= 4 is 15.9 Å². The van der Waals surface area contributed by atoms with Crippen molar-refractivity contribution in [2.75, 3.05) is 26.7 Å². The van der Waals surface area contributed by atoms with Crippen molar-refractivity contribution in [2.24, 2.45) is 5.92 Å². The summed E-state index contributed by atoms with van der Waals surface area (Å²) in [5, 5.41) is 19.1. The second-order valence-corrected chi connectivity index (χ2v) is 9.83. The minimum Gasteiger partial charge on any atom is -0.487 e. The first kappa shape index (κ1) is 25.1. The first-order valence-corrected chi connectivity index (χ1v) is 11.8. The van der Waals surface area contributed by atoms with E-state index in [9.17, 15) is 23.4 Å². The Balaban J connectivity index is 2.58. The van der Waals surface area contributed by atoms with E-state index in [4.69, 9.17) is 4.74 Å². The van der Waals surface area contributed by atoms with Gasteiger partial charge in [0.25, 0.3) is 0 Å². The van der Waals surface area contributed by atoms with Crippen molar-refractivity contribution in [3.8, 4) is 17.6 Å². The molecule has 31 heavy (non-hydrogen) atoms. The molecule has 0 radical (unpaired) electrons. The Bertz CT molecular complexity index is 950. The molecule has 1 aliphatic heterocycles. The molecule has 0 aromatic heterocycles. The molecule has 0 unspecified atom stereocenters. The number of hydrogen-bond acceptors (Lipinski definition) is 6. The smallest absolute Gasteiger partial charge is 0.247 e. The zero-order chi connectivity index (χ0) is 23.3. The van der Waals surface area contributed by atoms with Gasteiger partial charge >= 0.3 is 0 Å². The summed E-state index contributed by atoms with van der Waals surface area (Å²) in [6.07, 6.45) is -0.938. The Hall–Kier alpha value is -2.12. The monoisotopic (exact) mass is 452 g/mol. The fourth-order valence-electron chi connectivity index (χ4n) is 3.35. The van der Waals surface area contributed by atoms with E-state index in [0.717, 1.165) is 0 Å². The van der Waals surface area contributed by atoms with Crippen LogP contribution in [0.5, 0.6) is 5.75 Å². The minimum atomic E-state index is -3.94. The molecule has 172 valence electrons. The summed E-state index contributed by atoms with van der Waals surface area (Å²) in [6, 6.07) is 3.91. The topological polar surface area (TPSA) is 107 Å². The molecule has 2 N–H and O–H groups in total. The lowest BCUT2D eigenvalue weighted by atomic mass is 10.0.